The summed E-state index contributed by atoms with van der Waals surface area (Å²) in [5, 5.41) is 13.0. The molecule has 3 nitrogen and oxygen atoms in total. The first kappa shape index (κ1) is 18.6. The second kappa shape index (κ2) is 8.90. The first-order chi connectivity index (χ1) is 11.5. The monoisotopic (exact) mass is 343 g/mol. The van der Waals surface area contributed by atoms with Gasteiger partial charge >= 0.3 is 0 Å². The minimum absolute atomic E-state index is 0.0631. The van der Waals surface area contributed by atoms with Gasteiger partial charge in [0.15, 0.2) is 0 Å². The first-order valence-corrected chi connectivity index (χ1v) is 9.52. The van der Waals surface area contributed by atoms with Crippen molar-refractivity contribution in [3.8, 4) is 11.1 Å². The molecule has 1 atom stereocenters. The lowest BCUT2D eigenvalue weighted by atomic mass is 10.0. The Labute approximate surface area is 148 Å². The summed E-state index contributed by atoms with van der Waals surface area (Å²) in [5.41, 5.74) is 2.42. The van der Waals surface area contributed by atoms with Crippen LogP contribution in [-0.2, 0) is 11.2 Å². The maximum Gasteiger partial charge on any atom is 0.224 e. The molecule has 0 heterocycles. The first-order valence-electron chi connectivity index (χ1n) is 8.12. The number of amides is 1. The lowest BCUT2D eigenvalue weighted by molar-refractivity contribution is -0.121. The molecule has 2 aromatic carbocycles. The summed E-state index contributed by atoms with van der Waals surface area (Å²) in [4.78, 5) is 12.1. The average Bonchev–Trinajstić information content (AvgIpc) is 2.60. The molecule has 0 aromatic heterocycles. The molecule has 4 heteroatoms. The molecular weight excluding hydrogens is 318 g/mol. The Hall–Kier alpha value is -1.78. The third-order valence-corrected chi connectivity index (χ3v) is 4.55. The van der Waals surface area contributed by atoms with E-state index in [1.54, 1.807) is 18.7 Å². The number of carbonyl (C=O) groups is 1. The molecule has 0 spiro atoms. The zero-order chi connectivity index (χ0) is 17.4. The van der Waals surface area contributed by atoms with Gasteiger partial charge in [-0.15, -0.1) is 0 Å². The molecule has 0 radical (unpaired) electrons. The van der Waals surface area contributed by atoms with Crippen LogP contribution in [0.25, 0.3) is 11.1 Å². The maximum absolute atomic E-state index is 12.1. The molecule has 0 saturated heterocycles. The van der Waals surface area contributed by atoms with Crippen molar-refractivity contribution < 1.29 is 9.90 Å². The van der Waals surface area contributed by atoms with Crippen molar-refractivity contribution in [1.29, 1.82) is 0 Å². The predicted molar refractivity (Wildman–Crippen MR) is 102 cm³/mol. The molecule has 0 fully saturated rings. The molecular formula is C20H25NO2S. The van der Waals surface area contributed by atoms with Gasteiger partial charge in [0, 0.05) is 6.54 Å². The van der Waals surface area contributed by atoms with Gasteiger partial charge in [0.25, 0.3) is 0 Å². The number of aliphatic hydroxyl groups is 1. The minimum atomic E-state index is -0.851. The van der Waals surface area contributed by atoms with Crippen LogP contribution in [0.15, 0.2) is 54.6 Å². The number of hydrogen-bond donors (Lipinski definition) is 2. The van der Waals surface area contributed by atoms with E-state index in [0.717, 1.165) is 16.9 Å². The van der Waals surface area contributed by atoms with E-state index in [-0.39, 0.29) is 12.5 Å². The van der Waals surface area contributed by atoms with Crippen molar-refractivity contribution in [2.45, 2.75) is 25.4 Å². The summed E-state index contributed by atoms with van der Waals surface area (Å²) in [7, 11) is 0. The third kappa shape index (κ3) is 6.02. The van der Waals surface area contributed by atoms with Crippen molar-refractivity contribution in [2.75, 3.05) is 18.6 Å². The Morgan fingerprint density at radius 1 is 1.08 bits per heavy atom. The van der Waals surface area contributed by atoms with Crippen LogP contribution in [0.5, 0.6) is 0 Å². The predicted octanol–water partition coefficient (Wildman–Crippen LogP) is 3.52. The van der Waals surface area contributed by atoms with Crippen LogP contribution >= 0.6 is 11.8 Å². The summed E-state index contributed by atoms with van der Waals surface area (Å²) in [6, 6.07) is 18.2. The number of carbonyl (C=O) groups excluding carboxylic acids is 1. The van der Waals surface area contributed by atoms with Crippen molar-refractivity contribution in [1.82, 2.24) is 5.32 Å². The van der Waals surface area contributed by atoms with Crippen molar-refractivity contribution in [3.63, 3.8) is 0 Å². The quantitative estimate of drug-likeness (QED) is 0.771. The molecule has 1 unspecified atom stereocenters. The zero-order valence-electron chi connectivity index (χ0n) is 14.3. The van der Waals surface area contributed by atoms with E-state index in [1.165, 1.54) is 5.56 Å². The fourth-order valence-electron chi connectivity index (χ4n) is 2.39. The van der Waals surface area contributed by atoms with E-state index in [2.05, 4.69) is 17.4 Å². The molecule has 0 bridgehead atoms. The van der Waals surface area contributed by atoms with Crippen LogP contribution < -0.4 is 5.32 Å². The highest BCUT2D eigenvalue weighted by atomic mass is 32.2. The molecule has 0 aliphatic heterocycles. The van der Waals surface area contributed by atoms with Crippen LogP contribution in [-0.4, -0.2) is 35.2 Å². The van der Waals surface area contributed by atoms with Crippen molar-refractivity contribution in [3.05, 3.63) is 60.2 Å². The smallest absolute Gasteiger partial charge is 0.224 e. The van der Waals surface area contributed by atoms with Crippen LogP contribution in [0.3, 0.4) is 0 Å². The van der Waals surface area contributed by atoms with Crippen molar-refractivity contribution >= 4 is 17.7 Å². The third-order valence-electron chi connectivity index (χ3n) is 3.94. The fraction of sp³-hybridized carbons (Fsp3) is 0.350. The lowest BCUT2D eigenvalue weighted by Gasteiger charge is -2.23. The van der Waals surface area contributed by atoms with E-state index < -0.39 is 5.60 Å². The van der Waals surface area contributed by atoms with Gasteiger partial charge in [0.05, 0.1) is 12.0 Å². The molecule has 0 aliphatic rings. The van der Waals surface area contributed by atoms with Gasteiger partial charge in [0.2, 0.25) is 5.91 Å². The number of thioether (sulfide) groups is 1. The summed E-state index contributed by atoms with van der Waals surface area (Å²) < 4.78 is 0. The average molecular weight is 343 g/mol. The number of rotatable bonds is 8. The molecule has 2 aromatic rings. The second-order valence-corrected chi connectivity index (χ2v) is 7.24. The van der Waals surface area contributed by atoms with E-state index in [1.807, 2.05) is 48.7 Å². The van der Waals surface area contributed by atoms with Gasteiger partial charge in [-0.3, -0.25) is 4.79 Å². The number of hydrogen-bond acceptors (Lipinski definition) is 3. The molecule has 0 aliphatic carbocycles. The Bertz CT molecular complexity index is 638. The van der Waals surface area contributed by atoms with Gasteiger partial charge in [-0.25, -0.2) is 0 Å². The number of benzene rings is 2. The van der Waals surface area contributed by atoms with E-state index in [9.17, 15) is 9.90 Å². The highest BCUT2D eigenvalue weighted by Crippen LogP contribution is 2.19. The largest absolute Gasteiger partial charge is 0.388 e. The van der Waals surface area contributed by atoms with Crippen LogP contribution in [0.4, 0.5) is 0 Å². The summed E-state index contributed by atoms with van der Waals surface area (Å²) in [6.45, 7) is 2.05. The molecule has 2 rings (SSSR count). The second-order valence-electron chi connectivity index (χ2n) is 6.26. The zero-order valence-corrected chi connectivity index (χ0v) is 15.1. The van der Waals surface area contributed by atoms with Gasteiger partial charge in [0.1, 0.15) is 0 Å². The SMILES string of the molecule is CSCCC(C)(O)CNC(=O)Cc1ccc(-c2ccccc2)cc1. The highest BCUT2D eigenvalue weighted by molar-refractivity contribution is 7.98. The standard InChI is InChI=1S/C20H25NO2S/c1-20(23,12-13-24-2)15-21-19(22)14-16-8-10-18(11-9-16)17-6-4-3-5-7-17/h3-11,23H,12-15H2,1-2H3,(H,21,22). The van der Waals surface area contributed by atoms with Crippen molar-refractivity contribution in [2.24, 2.45) is 0 Å². The molecule has 128 valence electrons. The summed E-state index contributed by atoms with van der Waals surface area (Å²) in [5.74, 6) is 0.816. The molecule has 0 saturated carbocycles. The Kier molecular flexibility index (Phi) is 6.88. The summed E-state index contributed by atoms with van der Waals surface area (Å²) in [6.07, 6.45) is 3.00. The van der Waals surface area contributed by atoms with Gasteiger partial charge < -0.3 is 10.4 Å². The van der Waals surface area contributed by atoms with Gasteiger partial charge in [-0.2, -0.15) is 11.8 Å². The molecule has 2 N–H and O–H groups in total. The highest BCUT2D eigenvalue weighted by Gasteiger charge is 2.20. The summed E-state index contributed by atoms with van der Waals surface area (Å²) >= 11 is 1.69. The van der Waals surface area contributed by atoms with Gasteiger partial charge in [-0.1, -0.05) is 54.6 Å². The van der Waals surface area contributed by atoms with E-state index in [4.69, 9.17) is 0 Å². The Balaban J connectivity index is 1.86. The minimum Gasteiger partial charge on any atom is -0.388 e. The van der Waals surface area contributed by atoms with Crippen LogP contribution in [0.1, 0.15) is 18.9 Å². The maximum atomic E-state index is 12.1. The van der Waals surface area contributed by atoms with E-state index >= 15 is 0 Å². The topological polar surface area (TPSA) is 49.3 Å². The molecule has 1 amide bonds. The number of nitrogens with one attached hydrogen (secondary N) is 1. The lowest BCUT2D eigenvalue weighted by Crippen LogP contribution is -2.41. The Morgan fingerprint density at radius 2 is 1.71 bits per heavy atom. The fourth-order valence-corrected chi connectivity index (χ4v) is 3.04. The van der Waals surface area contributed by atoms with E-state index in [0.29, 0.717) is 12.8 Å². The van der Waals surface area contributed by atoms with Gasteiger partial charge in [-0.05, 0) is 42.0 Å². The normalized spacial score (nSPS) is 13.3. The Morgan fingerprint density at radius 3 is 2.33 bits per heavy atom. The van der Waals surface area contributed by atoms with Crippen LogP contribution in [0.2, 0.25) is 0 Å². The van der Waals surface area contributed by atoms with Crippen LogP contribution in [0, 0.1) is 0 Å². The molecule has 24 heavy (non-hydrogen) atoms.